The van der Waals surface area contributed by atoms with Gasteiger partial charge in [0.1, 0.15) is 12.6 Å². The molecule has 254 valence electrons. The molecule has 0 saturated heterocycles. The monoisotopic (exact) mass is 719 g/mol. The predicted octanol–water partition coefficient (Wildman–Crippen LogP) is 7.76. The molecule has 2 amide bonds. The van der Waals surface area contributed by atoms with Crippen LogP contribution >= 0.6 is 23.2 Å². The number of anilines is 1. The van der Waals surface area contributed by atoms with Gasteiger partial charge in [-0.2, -0.15) is 13.2 Å². The first kappa shape index (κ1) is 36.8. The van der Waals surface area contributed by atoms with Crippen LogP contribution < -0.4 is 9.62 Å². The van der Waals surface area contributed by atoms with E-state index in [-0.39, 0.29) is 28.9 Å². The molecule has 2 atom stereocenters. The summed E-state index contributed by atoms with van der Waals surface area (Å²) in [7, 11) is -4.67. The summed E-state index contributed by atoms with van der Waals surface area (Å²) in [5.74, 6) is -1.37. The van der Waals surface area contributed by atoms with E-state index in [1.54, 1.807) is 60.7 Å². The standard InChI is InChI=1S/C35H34Cl2F3N3O4S/c1-3-24(2)41-34(45)32(20-25-12-6-4-7-13-25)42(22-26-14-10-11-17-29(26)36)33(44)23-43(48(46,47)28-15-8-5-9-16-28)31-21-27(35(38,39)40)18-19-30(31)37/h4-19,21,24,32H,3,20,22-23H2,1-2H3,(H,41,45). The molecule has 2 unspecified atom stereocenters. The minimum atomic E-state index is -4.84. The van der Waals surface area contributed by atoms with E-state index in [2.05, 4.69) is 5.32 Å². The van der Waals surface area contributed by atoms with Crippen molar-refractivity contribution in [3.63, 3.8) is 0 Å². The highest BCUT2D eigenvalue weighted by Gasteiger charge is 2.37. The second-order valence-electron chi connectivity index (χ2n) is 11.1. The summed E-state index contributed by atoms with van der Waals surface area (Å²) in [6.07, 6.45) is -4.19. The lowest BCUT2D eigenvalue weighted by molar-refractivity contribution is -0.140. The van der Waals surface area contributed by atoms with Gasteiger partial charge in [-0.25, -0.2) is 8.42 Å². The Hall–Kier alpha value is -4.06. The Bertz CT molecular complexity index is 1830. The average molecular weight is 721 g/mol. The molecule has 4 aromatic carbocycles. The van der Waals surface area contributed by atoms with E-state index in [4.69, 9.17) is 23.2 Å². The molecule has 4 rings (SSSR count). The van der Waals surface area contributed by atoms with Crippen molar-refractivity contribution in [2.45, 2.75) is 56.4 Å². The number of nitrogens with zero attached hydrogens (tertiary/aromatic N) is 2. The molecule has 0 bridgehead atoms. The maximum atomic E-state index is 14.5. The van der Waals surface area contributed by atoms with Crippen molar-refractivity contribution in [2.75, 3.05) is 10.8 Å². The second-order valence-corrected chi connectivity index (χ2v) is 13.8. The van der Waals surface area contributed by atoms with E-state index in [0.29, 0.717) is 32.9 Å². The first-order valence-electron chi connectivity index (χ1n) is 15.0. The number of hydrogen-bond acceptors (Lipinski definition) is 4. The minimum Gasteiger partial charge on any atom is -0.352 e. The van der Waals surface area contributed by atoms with Gasteiger partial charge >= 0.3 is 6.18 Å². The zero-order valence-corrected chi connectivity index (χ0v) is 28.5. The molecule has 48 heavy (non-hydrogen) atoms. The van der Waals surface area contributed by atoms with Gasteiger partial charge in [-0.05, 0) is 60.9 Å². The Morgan fingerprint density at radius 2 is 1.46 bits per heavy atom. The molecule has 0 spiro atoms. The van der Waals surface area contributed by atoms with Crippen molar-refractivity contribution >= 4 is 50.7 Å². The number of nitrogens with one attached hydrogen (secondary N) is 1. The van der Waals surface area contributed by atoms with Crippen LogP contribution in [0.15, 0.2) is 108 Å². The van der Waals surface area contributed by atoms with Gasteiger partial charge in [0, 0.05) is 24.0 Å². The van der Waals surface area contributed by atoms with E-state index in [9.17, 15) is 31.2 Å². The number of sulfonamides is 1. The van der Waals surface area contributed by atoms with E-state index in [1.807, 2.05) is 13.8 Å². The van der Waals surface area contributed by atoms with Crippen molar-refractivity contribution in [3.05, 3.63) is 130 Å². The molecule has 0 saturated carbocycles. The van der Waals surface area contributed by atoms with Gasteiger partial charge in [0.05, 0.1) is 21.2 Å². The summed E-state index contributed by atoms with van der Waals surface area (Å²) in [6.45, 7) is 2.50. The molecule has 0 aliphatic rings. The highest BCUT2D eigenvalue weighted by Crippen LogP contribution is 2.37. The maximum absolute atomic E-state index is 14.5. The number of alkyl halides is 3. The molecule has 1 N–H and O–H groups in total. The largest absolute Gasteiger partial charge is 0.416 e. The molecule has 4 aromatic rings. The Kier molecular flexibility index (Phi) is 12.2. The highest BCUT2D eigenvalue weighted by molar-refractivity contribution is 7.92. The van der Waals surface area contributed by atoms with Crippen LogP contribution in [0, 0.1) is 0 Å². The Balaban J connectivity index is 1.88. The van der Waals surface area contributed by atoms with Gasteiger partial charge in [0.25, 0.3) is 10.0 Å². The quantitative estimate of drug-likeness (QED) is 0.153. The van der Waals surface area contributed by atoms with Crippen molar-refractivity contribution in [1.82, 2.24) is 10.2 Å². The predicted molar refractivity (Wildman–Crippen MR) is 181 cm³/mol. The van der Waals surface area contributed by atoms with Crippen LogP contribution in [0.4, 0.5) is 18.9 Å². The van der Waals surface area contributed by atoms with E-state index in [0.717, 1.165) is 12.1 Å². The number of halogens is 5. The Morgan fingerprint density at radius 1 is 0.854 bits per heavy atom. The van der Waals surface area contributed by atoms with Gasteiger partial charge in [-0.1, -0.05) is 96.9 Å². The van der Waals surface area contributed by atoms with Crippen molar-refractivity contribution in [1.29, 1.82) is 0 Å². The third-order valence-electron chi connectivity index (χ3n) is 7.72. The van der Waals surface area contributed by atoms with Gasteiger partial charge in [-0.3, -0.25) is 13.9 Å². The molecule has 0 aliphatic carbocycles. The van der Waals surface area contributed by atoms with Gasteiger partial charge in [-0.15, -0.1) is 0 Å². The zero-order chi connectivity index (χ0) is 35.1. The number of carbonyl (C=O) groups is 2. The first-order chi connectivity index (χ1) is 22.7. The Labute approximate surface area is 288 Å². The maximum Gasteiger partial charge on any atom is 0.416 e. The summed E-state index contributed by atoms with van der Waals surface area (Å²) < 4.78 is 70.3. The summed E-state index contributed by atoms with van der Waals surface area (Å²) in [5.41, 5.74) is -0.527. The van der Waals surface area contributed by atoms with Crippen LogP contribution in [0.1, 0.15) is 37.0 Å². The first-order valence-corrected chi connectivity index (χ1v) is 17.2. The fraction of sp³-hybridized carbons (Fsp3) is 0.257. The molecule has 7 nitrogen and oxygen atoms in total. The van der Waals surface area contributed by atoms with Crippen LogP contribution in [-0.2, 0) is 38.8 Å². The molecule has 0 aliphatic heterocycles. The van der Waals surface area contributed by atoms with Crippen molar-refractivity contribution in [2.24, 2.45) is 0 Å². The molecule has 0 aromatic heterocycles. The number of benzene rings is 4. The lowest BCUT2D eigenvalue weighted by Gasteiger charge is -2.34. The molecule has 0 fully saturated rings. The Morgan fingerprint density at radius 3 is 2.06 bits per heavy atom. The second kappa shape index (κ2) is 15.9. The van der Waals surface area contributed by atoms with E-state index >= 15 is 0 Å². The molecular formula is C35H34Cl2F3N3O4S. The van der Waals surface area contributed by atoms with E-state index < -0.39 is 51.9 Å². The van der Waals surface area contributed by atoms with Crippen molar-refractivity contribution in [3.8, 4) is 0 Å². The SMILES string of the molecule is CCC(C)NC(=O)C(Cc1ccccc1)N(Cc1ccccc1Cl)C(=O)CN(c1cc(C(F)(F)F)ccc1Cl)S(=O)(=O)c1ccccc1. The minimum absolute atomic E-state index is 0.0506. The lowest BCUT2D eigenvalue weighted by atomic mass is 10.0. The van der Waals surface area contributed by atoms with Crippen LogP contribution in [0.2, 0.25) is 10.0 Å². The zero-order valence-electron chi connectivity index (χ0n) is 26.1. The van der Waals surface area contributed by atoms with Gasteiger partial charge in [0.2, 0.25) is 11.8 Å². The molecule has 13 heteroatoms. The van der Waals surface area contributed by atoms with Crippen LogP contribution in [0.3, 0.4) is 0 Å². The van der Waals surface area contributed by atoms with Crippen LogP contribution in [-0.4, -0.2) is 43.8 Å². The summed E-state index contributed by atoms with van der Waals surface area (Å²) in [4.78, 5) is 29.4. The molecule has 0 heterocycles. The summed E-state index contributed by atoms with van der Waals surface area (Å²) in [6, 6.07) is 23.4. The molecular weight excluding hydrogens is 686 g/mol. The normalized spacial score (nSPS) is 13.0. The van der Waals surface area contributed by atoms with Crippen molar-refractivity contribution < 1.29 is 31.2 Å². The third-order valence-corrected chi connectivity index (χ3v) is 10.2. The molecule has 0 radical (unpaired) electrons. The number of amides is 2. The summed E-state index contributed by atoms with van der Waals surface area (Å²) >= 11 is 12.9. The lowest BCUT2D eigenvalue weighted by Crippen LogP contribution is -2.54. The third kappa shape index (κ3) is 9.09. The van der Waals surface area contributed by atoms with Gasteiger partial charge in [0.15, 0.2) is 0 Å². The summed E-state index contributed by atoms with van der Waals surface area (Å²) in [5, 5.41) is 2.88. The van der Waals surface area contributed by atoms with Crippen LogP contribution in [0.5, 0.6) is 0 Å². The van der Waals surface area contributed by atoms with E-state index in [1.165, 1.54) is 29.2 Å². The topological polar surface area (TPSA) is 86.8 Å². The fourth-order valence-corrected chi connectivity index (χ4v) is 6.83. The number of carbonyl (C=O) groups excluding carboxylic acids is 2. The smallest absolute Gasteiger partial charge is 0.352 e. The van der Waals surface area contributed by atoms with Crippen LogP contribution in [0.25, 0.3) is 0 Å². The average Bonchev–Trinajstić information content (AvgIpc) is 3.06. The number of rotatable bonds is 13. The highest BCUT2D eigenvalue weighted by atomic mass is 35.5. The van der Waals surface area contributed by atoms with Gasteiger partial charge < -0.3 is 10.2 Å². The fourth-order valence-electron chi connectivity index (χ4n) is 4.92. The number of hydrogen-bond donors (Lipinski definition) is 1.